The van der Waals surface area contributed by atoms with Gasteiger partial charge in [0.2, 0.25) is 0 Å². The number of carbonyl (C=O) groups excluding carboxylic acids is 1. The number of ether oxygens (including phenoxy) is 2. The van der Waals surface area contributed by atoms with E-state index in [1.54, 1.807) is 18.2 Å². The normalized spacial score (nSPS) is 10.6. The molecule has 0 aromatic heterocycles. The lowest BCUT2D eigenvalue weighted by atomic mass is 10.1. The van der Waals surface area contributed by atoms with Crippen molar-refractivity contribution in [3.8, 4) is 11.5 Å². The molecule has 0 heterocycles. The van der Waals surface area contributed by atoms with Crippen molar-refractivity contribution in [3.63, 3.8) is 0 Å². The lowest BCUT2D eigenvalue weighted by Crippen LogP contribution is -2.13. The van der Waals surface area contributed by atoms with E-state index in [-0.39, 0.29) is 12.0 Å². The highest BCUT2D eigenvalue weighted by molar-refractivity contribution is 9.11. The molecule has 0 unspecified atom stereocenters. The first-order valence-electron chi connectivity index (χ1n) is 7.12. The number of anilines is 1. The number of carbonyl (C=O) groups is 1. The molecule has 0 aliphatic rings. The molecule has 0 aliphatic carbocycles. The summed E-state index contributed by atoms with van der Waals surface area (Å²) in [6.45, 7) is 3.78. The fourth-order valence-electron chi connectivity index (χ4n) is 1.99. The summed E-state index contributed by atoms with van der Waals surface area (Å²) in [4.78, 5) is 12.5. The molecular formula is C17H16Br2ClNO3. The molecule has 1 amide bonds. The molecule has 0 atom stereocenters. The summed E-state index contributed by atoms with van der Waals surface area (Å²) < 4.78 is 12.6. The number of rotatable bonds is 5. The third kappa shape index (κ3) is 4.65. The molecule has 2 aromatic carbocycles. The molecule has 4 nitrogen and oxygen atoms in total. The smallest absolute Gasteiger partial charge is 0.255 e. The number of halogens is 3. The highest BCUT2D eigenvalue weighted by Crippen LogP contribution is 2.37. The Bertz CT molecular complexity index is 766. The molecule has 0 bridgehead atoms. The maximum atomic E-state index is 12.5. The SMILES string of the molecule is COc1cc(C(=O)Nc2ccc(Br)cc2Br)cc(Cl)c1OC(C)C. The second kappa shape index (κ2) is 8.23. The van der Waals surface area contributed by atoms with Crippen LogP contribution in [0.15, 0.2) is 39.3 Å². The van der Waals surface area contributed by atoms with Crippen LogP contribution in [0.4, 0.5) is 5.69 Å². The third-order valence-corrected chi connectivity index (χ3v) is 4.45. The van der Waals surface area contributed by atoms with Crippen molar-refractivity contribution in [1.82, 2.24) is 0 Å². The van der Waals surface area contributed by atoms with E-state index in [4.69, 9.17) is 21.1 Å². The summed E-state index contributed by atoms with van der Waals surface area (Å²) in [5.41, 5.74) is 1.03. The lowest BCUT2D eigenvalue weighted by Gasteiger charge is -2.16. The topological polar surface area (TPSA) is 47.6 Å². The summed E-state index contributed by atoms with van der Waals surface area (Å²) >= 11 is 13.0. The van der Waals surface area contributed by atoms with Gasteiger partial charge in [-0.15, -0.1) is 0 Å². The summed E-state index contributed by atoms with van der Waals surface area (Å²) in [5.74, 6) is 0.543. The number of benzene rings is 2. The largest absolute Gasteiger partial charge is 0.493 e. The predicted octanol–water partition coefficient (Wildman–Crippen LogP) is 5.91. The van der Waals surface area contributed by atoms with Gasteiger partial charge in [-0.3, -0.25) is 4.79 Å². The van der Waals surface area contributed by atoms with Crippen molar-refractivity contribution >= 4 is 55.1 Å². The average Bonchev–Trinajstić information content (AvgIpc) is 2.51. The van der Waals surface area contributed by atoms with Crippen LogP contribution in [-0.4, -0.2) is 19.1 Å². The monoisotopic (exact) mass is 475 g/mol. The van der Waals surface area contributed by atoms with Gasteiger partial charge in [0.1, 0.15) is 0 Å². The predicted molar refractivity (Wildman–Crippen MR) is 104 cm³/mol. The summed E-state index contributed by atoms with van der Waals surface area (Å²) in [6, 6.07) is 8.65. The molecule has 0 fully saturated rings. The number of nitrogens with one attached hydrogen (secondary N) is 1. The zero-order valence-electron chi connectivity index (χ0n) is 13.3. The van der Waals surface area contributed by atoms with Crippen LogP contribution in [0.1, 0.15) is 24.2 Å². The minimum atomic E-state index is -0.297. The van der Waals surface area contributed by atoms with Crippen molar-refractivity contribution < 1.29 is 14.3 Å². The van der Waals surface area contributed by atoms with E-state index in [1.165, 1.54) is 7.11 Å². The molecule has 0 saturated heterocycles. The van der Waals surface area contributed by atoms with Gasteiger partial charge >= 0.3 is 0 Å². The number of hydrogen-bond acceptors (Lipinski definition) is 3. The van der Waals surface area contributed by atoms with Crippen LogP contribution >= 0.6 is 43.5 Å². The lowest BCUT2D eigenvalue weighted by molar-refractivity contribution is 0.102. The van der Waals surface area contributed by atoms with E-state index in [2.05, 4.69) is 37.2 Å². The summed E-state index contributed by atoms with van der Waals surface area (Å²) in [5, 5.41) is 3.15. The van der Waals surface area contributed by atoms with Crippen molar-refractivity contribution in [2.75, 3.05) is 12.4 Å². The van der Waals surface area contributed by atoms with Gasteiger partial charge in [-0.1, -0.05) is 27.5 Å². The highest BCUT2D eigenvalue weighted by Gasteiger charge is 2.17. The van der Waals surface area contributed by atoms with E-state index in [1.807, 2.05) is 26.0 Å². The minimum Gasteiger partial charge on any atom is -0.493 e. The first-order chi connectivity index (χ1) is 11.3. The van der Waals surface area contributed by atoms with Crippen molar-refractivity contribution in [2.24, 2.45) is 0 Å². The zero-order valence-corrected chi connectivity index (χ0v) is 17.3. The van der Waals surface area contributed by atoms with Crippen LogP contribution in [0, 0.1) is 0 Å². The van der Waals surface area contributed by atoms with Gasteiger partial charge in [0, 0.05) is 14.5 Å². The summed E-state index contributed by atoms with van der Waals surface area (Å²) in [6.07, 6.45) is -0.0604. The Kier molecular flexibility index (Phi) is 6.54. The Morgan fingerprint density at radius 2 is 1.92 bits per heavy atom. The Hall–Kier alpha value is -1.24. The maximum absolute atomic E-state index is 12.5. The molecule has 0 radical (unpaired) electrons. The Balaban J connectivity index is 2.31. The van der Waals surface area contributed by atoms with E-state index in [0.717, 1.165) is 8.95 Å². The van der Waals surface area contributed by atoms with Gasteiger partial charge in [0.25, 0.3) is 5.91 Å². The summed E-state index contributed by atoms with van der Waals surface area (Å²) in [7, 11) is 1.51. The Labute approximate surface area is 162 Å². The quantitative estimate of drug-likeness (QED) is 0.582. The van der Waals surface area contributed by atoms with E-state index >= 15 is 0 Å². The average molecular weight is 478 g/mol. The number of amides is 1. The van der Waals surface area contributed by atoms with E-state index in [9.17, 15) is 4.79 Å². The molecule has 7 heteroatoms. The van der Waals surface area contributed by atoms with Gasteiger partial charge in [-0.05, 0) is 60.1 Å². The molecule has 0 spiro atoms. The van der Waals surface area contributed by atoms with E-state index in [0.29, 0.717) is 27.8 Å². The fourth-order valence-corrected chi connectivity index (χ4v) is 3.39. The van der Waals surface area contributed by atoms with Crippen LogP contribution in [0.3, 0.4) is 0 Å². The Morgan fingerprint density at radius 3 is 2.50 bits per heavy atom. The molecule has 2 rings (SSSR count). The second-order valence-electron chi connectivity index (χ2n) is 5.23. The first-order valence-corrected chi connectivity index (χ1v) is 9.08. The fraction of sp³-hybridized carbons (Fsp3) is 0.235. The van der Waals surface area contributed by atoms with Gasteiger partial charge in [-0.2, -0.15) is 0 Å². The standard InChI is InChI=1S/C17H16Br2ClNO3/c1-9(2)24-16-13(20)6-10(7-15(16)23-3)17(22)21-14-5-4-11(18)8-12(14)19/h4-9H,1-3H3,(H,21,22). The molecule has 2 aromatic rings. The van der Waals surface area contributed by atoms with Crippen LogP contribution in [0.2, 0.25) is 5.02 Å². The number of methoxy groups -OCH3 is 1. The zero-order chi connectivity index (χ0) is 17.9. The van der Waals surface area contributed by atoms with Gasteiger partial charge in [0.15, 0.2) is 11.5 Å². The van der Waals surface area contributed by atoms with Gasteiger partial charge < -0.3 is 14.8 Å². The second-order valence-corrected chi connectivity index (χ2v) is 7.41. The first kappa shape index (κ1) is 19.1. The van der Waals surface area contributed by atoms with Crippen LogP contribution in [0.25, 0.3) is 0 Å². The van der Waals surface area contributed by atoms with Gasteiger partial charge in [0.05, 0.1) is 23.9 Å². The van der Waals surface area contributed by atoms with Crippen molar-refractivity contribution in [2.45, 2.75) is 20.0 Å². The van der Waals surface area contributed by atoms with Crippen LogP contribution < -0.4 is 14.8 Å². The van der Waals surface area contributed by atoms with Crippen molar-refractivity contribution in [3.05, 3.63) is 49.9 Å². The van der Waals surface area contributed by atoms with Gasteiger partial charge in [-0.25, -0.2) is 0 Å². The molecule has 24 heavy (non-hydrogen) atoms. The maximum Gasteiger partial charge on any atom is 0.255 e. The molecular weight excluding hydrogens is 461 g/mol. The highest BCUT2D eigenvalue weighted by atomic mass is 79.9. The van der Waals surface area contributed by atoms with Crippen LogP contribution in [0.5, 0.6) is 11.5 Å². The number of hydrogen-bond donors (Lipinski definition) is 1. The Morgan fingerprint density at radius 1 is 1.21 bits per heavy atom. The van der Waals surface area contributed by atoms with Crippen molar-refractivity contribution in [1.29, 1.82) is 0 Å². The molecule has 0 aliphatic heterocycles. The molecule has 1 N–H and O–H groups in total. The third-order valence-electron chi connectivity index (χ3n) is 3.02. The minimum absolute atomic E-state index is 0.0604. The van der Waals surface area contributed by atoms with E-state index < -0.39 is 0 Å². The van der Waals surface area contributed by atoms with Crippen LogP contribution in [-0.2, 0) is 0 Å². The molecule has 0 saturated carbocycles. The molecule has 128 valence electrons.